The SMILES string of the molecule is CN1CCCN=C1c1ccccc1S(=O)(=O)O. The molecule has 0 atom stereocenters. The average Bonchev–Trinajstić information content (AvgIpc) is 2.28. The van der Waals surface area contributed by atoms with E-state index >= 15 is 0 Å². The van der Waals surface area contributed by atoms with Gasteiger partial charge in [-0.05, 0) is 18.6 Å². The van der Waals surface area contributed by atoms with Crippen LogP contribution in [0.3, 0.4) is 0 Å². The van der Waals surface area contributed by atoms with Gasteiger partial charge in [-0.2, -0.15) is 8.42 Å². The number of hydrogen-bond donors (Lipinski definition) is 1. The summed E-state index contributed by atoms with van der Waals surface area (Å²) in [5.41, 5.74) is 0.456. The Labute approximate surface area is 101 Å². The molecule has 0 saturated carbocycles. The fourth-order valence-corrected chi connectivity index (χ4v) is 2.57. The summed E-state index contributed by atoms with van der Waals surface area (Å²) in [4.78, 5) is 6.13. The summed E-state index contributed by atoms with van der Waals surface area (Å²) < 4.78 is 31.8. The Hall–Kier alpha value is -1.40. The Kier molecular flexibility index (Phi) is 3.17. The maximum Gasteiger partial charge on any atom is 0.295 e. The molecule has 0 radical (unpaired) electrons. The lowest BCUT2D eigenvalue weighted by molar-refractivity contribution is 0.464. The van der Waals surface area contributed by atoms with E-state index < -0.39 is 10.1 Å². The van der Waals surface area contributed by atoms with Crippen molar-refractivity contribution in [3.8, 4) is 0 Å². The van der Waals surface area contributed by atoms with Gasteiger partial charge in [0.15, 0.2) is 0 Å². The largest absolute Gasteiger partial charge is 0.359 e. The number of nitrogens with zero attached hydrogens (tertiary/aromatic N) is 2. The maximum absolute atomic E-state index is 11.3. The second-order valence-corrected chi connectivity index (χ2v) is 5.34. The first-order valence-corrected chi connectivity index (χ1v) is 6.76. The Morgan fingerprint density at radius 1 is 1.35 bits per heavy atom. The van der Waals surface area contributed by atoms with Crippen LogP contribution in [0.2, 0.25) is 0 Å². The van der Waals surface area contributed by atoms with E-state index in [1.54, 1.807) is 18.2 Å². The van der Waals surface area contributed by atoms with Crippen LogP contribution in [0.5, 0.6) is 0 Å². The van der Waals surface area contributed by atoms with Crippen molar-refractivity contribution in [2.45, 2.75) is 11.3 Å². The van der Waals surface area contributed by atoms with Gasteiger partial charge in [-0.25, -0.2) is 0 Å². The van der Waals surface area contributed by atoms with Crippen LogP contribution in [0, 0.1) is 0 Å². The second kappa shape index (κ2) is 4.46. The van der Waals surface area contributed by atoms with E-state index in [4.69, 9.17) is 0 Å². The summed E-state index contributed by atoms with van der Waals surface area (Å²) in [5, 5.41) is 0. The highest BCUT2D eigenvalue weighted by Gasteiger charge is 2.21. The molecule has 17 heavy (non-hydrogen) atoms. The highest BCUT2D eigenvalue weighted by atomic mass is 32.2. The lowest BCUT2D eigenvalue weighted by atomic mass is 10.1. The van der Waals surface area contributed by atoms with Crippen molar-refractivity contribution in [1.29, 1.82) is 0 Å². The number of benzene rings is 1. The van der Waals surface area contributed by atoms with Gasteiger partial charge < -0.3 is 4.90 Å². The molecule has 0 aromatic heterocycles. The Morgan fingerprint density at radius 2 is 2.06 bits per heavy atom. The molecule has 0 bridgehead atoms. The van der Waals surface area contributed by atoms with Crippen molar-refractivity contribution < 1.29 is 13.0 Å². The highest BCUT2D eigenvalue weighted by molar-refractivity contribution is 7.86. The Balaban J connectivity index is 2.56. The van der Waals surface area contributed by atoms with Crippen LogP contribution >= 0.6 is 0 Å². The van der Waals surface area contributed by atoms with Gasteiger partial charge in [0, 0.05) is 25.7 Å². The molecule has 0 aliphatic carbocycles. The lowest BCUT2D eigenvalue weighted by Gasteiger charge is -2.26. The van der Waals surface area contributed by atoms with Crippen molar-refractivity contribution in [3.05, 3.63) is 29.8 Å². The predicted octanol–water partition coefficient (Wildman–Crippen LogP) is 1.02. The second-order valence-electron chi connectivity index (χ2n) is 3.95. The molecule has 1 aliphatic rings. The zero-order valence-corrected chi connectivity index (χ0v) is 10.3. The van der Waals surface area contributed by atoms with Gasteiger partial charge in [0.1, 0.15) is 10.7 Å². The van der Waals surface area contributed by atoms with Gasteiger partial charge in [0.05, 0.1) is 0 Å². The first-order chi connectivity index (χ1) is 8.00. The maximum atomic E-state index is 11.3. The van der Waals surface area contributed by atoms with E-state index in [1.807, 2.05) is 11.9 Å². The van der Waals surface area contributed by atoms with Gasteiger partial charge in [0.2, 0.25) is 0 Å². The minimum atomic E-state index is -4.21. The number of amidine groups is 1. The summed E-state index contributed by atoms with van der Waals surface area (Å²) in [6.45, 7) is 1.51. The zero-order valence-electron chi connectivity index (χ0n) is 9.50. The van der Waals surface area contributed by atoms with Crippen molar-refractivity contribution in [2.24, 2.45) is 4.99 Å². The van der Waals surface area contributed by atoms with E-state index in [0.717, 1.165) is 13.0 Å². The molecule has 2 rings (SSSR count). The predicted molar refractivity (Wildman–Crippen MR) is 64.9 cm³/mol. The van der Waals surface area contributed by atoms with Crippen LogP contribution in [0.15, 0.2) is 34.2 Å². The fourth-order valence-electron chi connectivity index (χ4n) is 1.89. The number of hydrogen-bond acceptors (Lipinski definition) is 4. The summed E-state index contributed by atoms with van der Waals surface area (Å²) in [6.07, 6.45) is 0.952. The van der Waals surface area contributed by atoms with Gasteiger partial charge in [-0.3, -0.25) is 9.55 Å². The third-order valence-corrected chi connectivity index (χ3v) is 3.59. The number of aliphatic imine (C=N–C) groups is 1. The molecule has 0 amide bonds. The van der Waals surface area contributed by atoms with Gasteiger partial charge >= 0.3 is 0 Å². The first-order valence-electron chi connectivity index (χ1n) is 5.32. The minimum Gasteiger partial charge on any atom is -0.359 e. The topological polar surface area (TPSA) is 70.0 Å². The molecule has 5 nitrogen and oxygen atoms in total. The highest BCUT2D eigenvalue weighted by Crippen LogP contribution is 2.19. The number of rotatable bonds is 2. The summed E-state index contributed by atoms with van der Waals surface area (Å²) in [7, 11) is -2.35. The van der Waals surface area contributed by atoms with Crippen LogP contribution < -0.4 is 0 Å². The minimum absolute atomic E-state index is 0.0903. The molecule has 92 valence electrons. The molecule has 1 aromatic rings. The smallest absolute Gasteiger partial charge is 0.295 e. The standard InChI is InChI=1S/C11H14N2O3S/c1-13-8-4-7-12-11(13)9-5-2-3-6-10(9)17(14,15)16/h2-3,5-6H,4,7-8H2,1H3,(H,14,15,16). The van der Waals surface area contributed by atoms with Crippen LogP contribution in [-0.2, 0) is 10.1 Å². The van der Waals surface area contributed by atoms with E-state index in [-0.39, 0.29) is 4.90 Å². The van der Waals surface area contributed by atoms with Gasteiger partial charge in [-0.15, -0.1) is 0 Å². The molecule has 0 unspecified atom stereocenters. The first kappa shape index (κ1) is 12.1. The molecule has 1 aliphatic heterocycles. The third kappa shape index (κ3) is 2.48. The molecule has 1 aromatic carbocycles. The molecular formula is C11H14N2O3S. The van der Waals surface area contributed by atoms with Crippen LogP contribution in [0.1, 0.15) is 12.0 Å². The Morgan fingerprint density at radius 3 is 2.71 bits per heavy atom. The summed E-state index contributed by atoms with van der Waals surface area (Å²) in [5.74, 6) is 0.615. The van der Waals surface area contributed by atoms with Crippen molar-refractivity contribution in [3.63, 3.8) is 0 Å². The molecular weight excluding hydrogens is 240 g/mol. The monoisotopic (exact) mass is 254 g/mol. The van der Waals surface area contributed by atoms with E-state index in [1.165, 1.54) is 6.07 Å². The van der Waals surface area contributed by atoms with Crippen molar-refractivity contribution in [2.75, 3.05) is 20.1 Å². The van der Waals surface area contributed by atoms with Gasteiger partial charge in [0.25, 0.3) is 10.1 Å². The third-order valence-electron chi connectivity index (χ3n) is 2.68. The van der Waals surface area contributed by atoms with Crippen molar-refractivity contribution in [1.82, 2.24) is 4.90 Å². The van der Waals surface area contributed by atoms with Crippen molar-refractivity contribution >= 4 is 16.0 Å². The quantitative estimate of drug-likeness (QED) is 0.800. The van der Waals surface area contributed by atoms with Gasteiger partial charge in [-0.1, -0.05) is 12.1 Å². The average molecular weight is 254 g/mol. The van der Waals surface area contributed by atoms with Crippen LogP contribution in [0.4, 0.5) is 0 Å². The summed E-state index contributed by atoms with van der Waals surface area (Å²) in [6, 6.07) is 6.35. The Bertz CT molecular complexity index is 552. The van der Waals surface area contributed by atoms with E-state index in [0.29, 0.717) is 17.9 Å². The normalized spacial score (nSPS) is 16.8. The molecule has 0 fully saturated rings. The molecule has 0 saturated heterocycles. The van der Waals surface area contributed by atoms with E-state index in [2.05, 4.69) is 4.99 Å². The molecule has 6 heteroatoms. The molecule has 1 N–H and O–H groups in total. The fraction of sp³-hybridized carbons (Fsp3) is 0.364. The summed E-state index contributed by atoms with van der Waals surface area (Å²) >= 11 is 0. The van der Waals surface area contributed by atoms with Crippen LogP contribution in [-0.4, -0.2) is 43.8 Å². The molecule has 1 heterocycles. The zero-order chi connectivity index (χ0) is 12.5. The van der Waals surface area contributed by atoms with Crippen LogP contribution in [0.25, 0.3) is 0 Å². The molecule has 0 spiro atoms. The lowest BCUT2D eigenvalue weighted by Crippen LogP contribution is -2.33. The van der Waals surface area contributed by atoms with E-state index in [9.17, 15) is 13.0 Å².